The van der Waals surface area contributed by atoms with Gasteiger partial charge < -0.3 is 15.0 Å². The summed E-state index contributed by atoms with van der Waals surface area (Å²) in [5, 5.41) is 2.67. The topological polar surface area (TPSA) is 58.6 Å². The third kappa shape index (κ3) is 6.08. The smallest absolute Gasteiger partial charge is 0.261 e. The third-order valence-electron chi connectivity index (χ3n) is 5.21. The van der Waals surface area contributed by atoms with Crippen LogP contribution in [0.5, 0.6) is 5.75 Å². The molecule has 0 aliphatic rings. The van der Waals surface area contributed by atoms with E-state index in [1.165, 1.54) is 5.56 Å². The molecule has 0 saturated heterocycles. The van der Waals surface area contributed by atoms with E-state index in [4.69, 9.17) is 4.74 Å². The zero-order chi connectivity index (χ0) is 22.3. The van der Waals surface area contributed by atoms with E-state index in [0.29, 0.717) is 24.6 Å². The number of hydrogen-bond acceptors (Lipinski definition) is 3. The molecule has 0 aliphatic heterocycles. The number of halogens is 1. The Morgan fingerprint density at radius 2 is 1.87 bits per heavy atom. The number of amides is 2. The molecular formula is C24H31BrN2O3. The second-order valence-corrected chi connectivity index (χ2v) is 8.47. The number of carbonyl (C=O) groups is 2. The minimum Gasteiger partial charge on any atom is -0.483 e. The molecule has 30 heavy (non-hydrogen) atoms. The van der Waals surface area contributed by atoms with Crippen LogP contribution in [-0.4, -0.2) is 36.4 Å². The molecule has 2 aromatic carbocycles. The highest BCUT2D eigenvalue weighted by atomic mass is 79.9. The van der Waals surface area contributed by atoms with Crippen molar-refractivity contribution in [1.82, 2.24) is 10.2 Å². The first kappa shape index (κ1) is 23.9. The average molecular weight is 475 g/mol. The van der Waals surface area contributed by atoms with Crippen molar-refractivity contribution in [2.75, 3.05) is 13.7 Å². The van der Waals surface area contributed by atoms with Crippen molar-refractivity contribution in [1.29, 1.82) is 0 Å². The largest absolute Gasteiger partial charge is 0.483 e. The monoisotopic (exact) mass is 474 g/mol. The standard InChI is InChI=1S/C24H31BrN2O3/c1-6-21(24(29)26-5)27(14-19-10-8-7-9-17(19)4)23(28)15-30-22-12-11-18(16(2)3)13-20(22)25/h7-13,16,21H,6,14-15H2,1-5H3,(H,26,29). The molecule has 0 bridgehead atoms. The highest BCUT2D eigenvalue weighted by Crippen LogP contribution is 2.29. The van der Waals surface area contributed by atoms with Crippen LogP contribution < -0.4 is 10.1 Å². The average Bonchev–Trinajstić information content (AvgIpc) is 2.73. The number of nitrogens with one attached hydrogen (secondary N) is 1. The zero-order valence-electron chi connectivity index (χ0n) is 18.4. The van der Waals surface area contributed by atoms with Gasteiger partial charge in [0.15, 0.2) is 6.61 Å². The Kier molecular flexibility index (Phi) is 8.90. The van der Waals surface area contributed by atoms with Gasteiger partial charge in [-0.15, -0.1) is 0 Å². The van der Waals surface area contributed by atoms with Gasteiger partial charge in [-0.25, -0.2) is 0 Å². The molecule has 2 rings (SSSR count). The van der Waals surface area contributed by atoms with Gasteiger partial charge in [-0.2, -0.15) is 0 Å². The van der Waals surface area contributed by atoms with Gasteiger partial charge in [-0.1, -0.05) is 51.1 Å². The lowest BCUT2D eigenvalue weighted by molar-refractivity contribution is -0.142. The van der Waals surface area contributed by atoms with E-state index in [2.05, 4.69) is 35.1 Å². The Morgan fingerprint density at radius 3 is 2.43 bits per heavy atom. The molecule has 1 N–H and O–H groups in total. The van der Waals surface area contributed by atoms with Gasteiger partial charge in [0.1, 0.15) is 11.8 Å². The summed E-state index contributed by atoms with van der Waals surface area (Å²) in [5.41, 5.74) is 3.28. The maximum atomic E-state index is 13.1. The summed E-state index contributed by atoms with van der Waals surface area (Å²) in [6.07, 6.45) is 0.518. The molecule has 5 nitrogen and oxygen atoms in total. The van der Waals surface area contributed by atoms with Gasteiger partial charge in [0.25, 0.3) is 5.91 Å². The van der Waals surface area contributed by atoms with Crippen molar-refractivity contribution < 1.29 is 14.3 Å². The molecule has 2 amide bonds. The zero-order valence-corrected chi connectivity index (χ0v) is 20.0. The highest BCUT2D eigenvalue weighted by Gasteiger charge is 2.28. The van der Waals surface area contributed by atoms with Gasteiger partial charge in [-0.05, 0) is 64.0 Å². The molecule has 0 heterocycles. The molecule has 0 aromatic heterocycles. The van der Waals surface area contributed by atoms with Crippen LogP contribution in [0, 0.1) is 6.92 Å². The molecule has 0 aliphatic carbocycles. The summed E-state index contributed by atoms with van der Waals surface area (Å²) in [5.74, 6) is 0.603. The Hall–Kier alpha value is -2.34. The first-order valence-electron chi connectivity index (χ1n) is 10.3. The number of likely N-dealkylation sites (N-methyl/N-ethyl adjacent to an activating group) is 1. The van der Waals surface area contributed by atoms with Crippen molar-refractivity contribution in [3.05, 3.63) is 63.6 Å². The predicted octanol–water partition coefficient (Wildman–Crippen LogP) is 4.81. The van der Waals surface area contributed by atoms with Crippen molar-refractivity contribution in [2.24, 2.45) is 0 Å². The van der Waals surface area contributed by atoms with E-state index in [9.17, 15) is 9.59 Å². The molecule has 0 fully saturated rings. The van der Waals surface area contributed by atoms with E-state index < -0.39 is 6.04 Å². The first-order chi connectivity index (χ1) is 14.3. The number of aryl methyl sites for hydroxylation is 1. The predicted molar refractivity (Wildman–Crippen MR) is 124 cm³/mol. The lowest BCUT2D eigenvalue weighted by Crippen LogP contribution is -2.49. The Morgan fingerprint density at radius 1 is 1.17 bits per heavy atom. The summed E-state index contributed by atoms with van der Waals surface area (Å²) >= 11 is 3.53. The second-order valence-electron chi connectivity index (χ2n) is 7.62. The van der Waals surface area contributed by atoms with Crippen LogP contribution >= 0.6 is 15.9 Å². The normalized spacial score (nSPS) is 11.8. The SMILES string of the molecule is CCC(C(=O)NC)N(Cc1ccccc1C)C(=O)COc1ccc(C(C)C)cc1Br. The van der Waals surface area contributed by atoms with E-state index in [0.717, 1.165) is 15.6 Å². The van der Waals surface area contributed by atoms with E-state index >= 15 is 0 Å². The number of ether oxygens (including phenoxy) is 1. The van der Waals surface area contributed by atoms with Crippen molar-refractivity contribution in [3.63, 3.8) is 0 Å². The second kappa shape index (κ2) is 11.2. The minimum atomic E-state index is -0.558. The molecule has 1 atom stereocenters. The fraction of sp³-hybridized carbons (Fsp3) is 0.417. The van der Waals surface area contributed by atoms with Crippen molar-refractivity contribution in [2.45, 2.75) is 52.6 Å². The summed E-state index contributed by atoms with van der Waals surface area (Å²) in [4.78, 5) is 27.2. The number of carbonyl (C=O) groups excluding carboxylic acids is 2. The number of hydrogen-bond donors (Lipinski definition) is 1. The molecule has 0 spiro atoms. The fourth-order valence-corrected chi connectivity index (χ4v) is 3.78. The van der Waals surface area contributed by atoms with E-state index in [1.54, 1.807) is 11.9 Å². The number of nitrogens with zero attached hydrogens (tertiary/aromatic N) is 1. The molecule has 2 aromatic rings. The van der Waals surface area contributed by atoms with Gasteiger partial charge in [-0.3, -0.25) is 9.59 Å². The first-order valence-corrected chi connectivity index (χ1v) is 11.1. The molecule has 162 valence electrons. The summed E-state index contributed by atoms with van der Waals surface area (Å²) in [6.45, 7) is 8.37. The Labute approximate surface area is 187 Å². The van der Waals surface area contributed by atoms with Gasteiger partial charge in [0, 0.05) is 13.6 Å². The molecule has 0 saturated carbocycles. The Bertz CT molecular complexity index is 883. The number of rotatable bonds is 9. The lowest BCUT2D eigenvalue weighted by atomic mass is 10.0. The van der Waals surface area contributed by atoms with Crippen LogP contribution in [0.3, 0.4) is 0 Å². The van der Waals surface area contributed by atoms with Gasteiger partial charge in [0.2, 0.25) is 5.91 Å². The van der Waals surface area contributed by atoms with E-state index in [-0.39, 0.29) is 18.4 Å². The van der Waals surface area contributed by atoms with Crippen LogP contribution in [0.25, 0.3) is 0 Å². The van der Waals surface area contributed by atoms with Crippen LogP contribution in [-0.2, 0) is 16.1 Å². The summed E-state index contributed by atoms with van der Waals surface area (Å²) < 4.78 is 6.63. The van der Waals surface area contributed by atoms with Crippen LogP contribution in [0.15, 0.2) is 46.9 Å². The molecule has 1 unspecified atom stereocenters. The fourth-order valence-electron chi connectivity index (χ4n) is 3.27. The summed E-state index contributed by atoms with van der Waals surface area (Å²) in [7, 11) is 1.59. The highest BCUT2D eigenvalue weighted by molar-refractivity contribution is 9.10. The van der Waals surface area contributed by atoms with Crippen LogP contribution in [0.4, 0.5) is 0 Å². The lowest BCUT2D eigenvalue weighted by Gasteiger charge is -2.30. The number of benzene rings is 2. The van der Waals surface area contributed by atoms with Crippen LogP contribution in [0.1, 0.15) is 49.8 Å². The minimum absolute atomic E-state index is 0.140. The van der Waals surface area contributed by atoms with E-state index in [1.807, 2.05) is 56.3 Å². The van der Waals surface area contributed by atoms with Gasteiger partial charge in [0.05, 0.1) is 4.47 Å². The van der Waals surface area contributed by atoms with Crippen molar-refractivity contribution >= 4 is 27.7 Å². The molecular weight excluding hydrogens is 444 g/mol. The third-order valence-corrected chi connectivity index (χ3v) is 5.83. The van der Waals surface area contributed by atoms with Gasteiger partial charge >= 0.3 is 0 Å². The van der Waals surface area contributed by atoms with Crippen molar-refractivity contribution in [3.8, 4) is 5.75 Å². The maximum Gasteiger partial charge on any atom is 0.261 e. The quantitative estimate of drug-likeness (QED) is 0.566. The summed E-state index contributed by atoms with van der Waals surface area (Å²) in [6, 6.07) is 13.2. The molecule has 0 radical (unpaired) electrons. The maximum absolute atomic E-state index is 13.1. The Balaban J connectivity index is 2.21. The molecule has 6 heteroatoms. The van der Waals surface area contributed by atoms with Crippen LogP contribution in [0.2, 0.25) is 0 Å².